The molecule has 286 valence electrons. The second-order valence-electron chi connectivity index (χ2n) is 17.7. The number of para-hydroxylation sites is 2. The average molecular weight is 792 g/mol. The molecule has 7 heteroatoms. The molecule has 0 aliphatic heterocycles. The quantitative estimate of drug-likeness (QED) is 0.170. The van der Waals surface area contributed by atoms with E-state index < -0.39 is 8.07 Å². The number of aromatic nitrogens is 3. The number of aryl methyl sites for hydroxylation is 2. The second-order valence-corrected chi connectivity index (χ2v) is 23.9. The highest BCUT2D eigenvalue weighted by molar-refractivity contribution is 7.25. The highest BCUT2D eigenvalue weighted by Gasteiger charge is 2.29. The van der Waals surface area contributed by atoms with E-state index in [0.29, 0.717) is 11.4 Å². The van der Waals surface area contributed by atoms with E-state index in [4.69, 9.17) is 14.4 Å². The van der Waals surface area contributed by atoms with Crippen LogP contribution in [-0.4, -0.2) is 27.7 Å². The van der Waals surface area contributed by atoms with Crippen LogP contribution in [0.5, 0.6) is 5.75 Å². The highest BCUT2D eigenvalue weighted by atomic mass is 32.1. The minimum absolute atomic E-state index is 0.223. The molecule has 6 aromatic carbocycles. The molecule has 10 rings (SSSR count). The molecule has 5 nitrogen and oxygen atoms in total. The zero-order valence-corrected chi connectivity index (χ0v) is 36.0. The smallest absolute Gasteiger partial charge is 0.149 e. The van der Waals surface area contributed by atoms with Gasteiger partial charge in [-0.05, 0) is 95.1 Å². The number of benzene rings is 6. The van der Waals surface area contributed by atoms with Gasteiger partial charge in [0.15, 0.2) is 0 Å². The van der Waals surface area contributed by atoms with E-state index in [2.05, 4.69) is 168 Å². The van der Waals surface area contributed by atoms with Crippen molar-refractivity contribution < 1.29 is 9.52 Å². The Labute approximate surface area is 343 Å². The van der Waals surface area contributed by atoms with Crippen LogP contribution in [0.4, 0.5) is 0 Å². The van der Waals surface area contributed by atoms with E-state index in [0.717, 1.165) is 82.6 Å². The van der Waals surface area contributed by atoms with Crippen LogP contribution in [-0.2, 0) is 5.41 Å². The third-order valence-electron chi connectivity index (χ3n) is 11.7. The Morgan fingerprint density at radius 3 is 2.14 bits per heavy atom. The molecule has 0 unspecified atom stereocenters. The molecule has 1 N–H and O–H groups in total. The number of thiophene rings is 1. The Kier molecular flexibility index (Phi) is 8.14. The first-order chi connectivity index (χ1) is 27.8. The minimum atomic E-state index is -1.69. The Hall–Kier alpha value is -6.02. The Bertz CT molecular complexity index is 3150. The number of aromatic hydroxyl groups is 1. The summed E-state index contributed by atoms with van der Waals surface area (Å²) in [7, 11) is -1.69. The van der Waals surface area contributed by atoms with Gasteiger partial charge >= 0.3 is 0 Å². The van der Waals surface area contributed by atoms with Crippen LogP contribution in [0.2, 0.25) is 19.6 Å². The van der Waals surface area contributed by atoms with Crippen LogP contribution < -0.4 is 5.19 Å². The molecule has 58 heavy (non-hydrogen) atoms. The first-order valence-corrected chi connectivity index (χ1v) is 24.3. The van der Waals surface area contributed by atoms with Gasteiger partial charge in [-0.15, -0.1) is 11.3 Å². The topological polar surface area (TPSA) is 64.1 Å². The van der Waals surface area contributed by atoms with Crippen molar-refractivity contribution in [2.75, 3.05) is 0 Å². The van der Waals surface area contributed by atoms with Crippen molar-refractivity contribution in [2.45, 2.75) is 59.7 Å². The molecule has 0 fully saturated rings. The maximum atomic E-state index is 11.8. The Morgan fingerprint density at radius 2 is 1.41 bits per heavy atom. The minimum Gasteiger partial charge on any atom is -0.507 e. The average Bonchev–Trinajstić information content (AvgIpc) is 3.89. The van der Waals surface area contributed by atoms with E-state index in [1.54, 1.807) is 11.3 Å². The monoisotopic (exact) mass is 791 g/mol. The molecule has 0 atom stereocenters. The first kappa shape index (κ1) is 36.3. The summed E-state index contributed by atoms with van der Waals surface area (Å²) in [5, 5.41) is 15.3. The van der Waals surface area contributed by atoms with Crippen molar-refractivity contribution >= 4 is 67.1 Å². The van der Waals surface area contributed by atoms with Crippen LogP contribution in [0, 0.1) is 13.8 Å². The summed E-state index contributed by atoms with van der Waals surface area (Å²) in [6.07, 6.45) is 0. The maximum Gasteiger partial charge on any atom is 0.149 e. The number of phenols is 1. The van der Waals surface area contributed by atoms with Crippen molar-refractivity contribution in [1.29, 1.82) is 0 Å². The van der Waals surface area contributed by atoms with Crippen molar-refractivity contribution in [2.24, 2.45) is 0 Å². The zero-order chi connectivity index (χ0) is 40.2. The lowest BCUT2D eigenvalue weighted by Gasteiger charge is -2.27. The van der Waals surface area contributed by atoms with E-state index in [1.165, 1.54) is 21.0 Å². The largest absolute Gasteiger partial charge is 0.507 e. The van der Waals surface area contributed by atoms with Gasteiger partial charge < -0.3 is 9.52 Å². The third-order valence-corrected chi connectivity index (χ3v) is 14.8. The predicted molar refractivity (Wildman–Crippen MR) is 247 cm³/mol. The Morgan fingerprint density at radius 1 is 0.672 bits per heavy atom. The number of nitrogens with zero attached hydrogens (tertiary/aromatic N) is 3. The first-order valence-electron chi connectivity index (χ1n) is 20.0. The van der Waals surface area contributed by atoms with Gasteiger partial charge in [-0.25, -0.2) is 9.97 Å². The van der Waals surface area contributed by atoms with E-state index in [1.807, 2.05) is 12.1 Å². The molecule has 4 heterocycles. The van der Waals surface area contributed by atoms with Crippen LogP contribution in [0.3, 0.4) is 0 Å². The molecule has 4 aromatic heterocycles. The number of hydrogen-bond donors (Lipinski definition) is 1. The summed E-state index contributed by atoms with van der Waals surface area (Å²) >= 11 is 1.72. The summed E-state index contributed by atoms with van der Waals surface area (Å²) in [6.45, 7) is 18.1. The number of pyridine rings is 1. The standard InChI is InChI=1S/C51H45N3O2SSi/c1-29-15-12-16-30(2)48(29)54-39-20-13-19-34(47(39)53-49(54)35-24-23-33(27-40(35)55)58(6,7)8)36-25-32(26-37(51(3,4)5)44(36)31-17-10-9-11-18-31)38-28-42-46-45-41(56-42)21-14-22-43(45)57-50(46)52-38/h9-28,55H,1-8H3. The van der Waals surface area contributed by atoms with Gasteiger partial charge in [0, 0.05) is 27.3 Å². The van der Waals surface area contributed by atoms with Crippen molar-refractivity contribution in [3.63, 3.8) is 0 Å². The molecular weight excluding hydrogens is 747 g/mol. The molecule has 0 saturated heterocycles. The molecule has 0 aliphatic carbocycles. The fourth-order valence-corrected chi connectivity index (χ4v) is 11.0. The molecule has 0 bridgehead atoms. The fourth-order valence-electron chi connectivity index (χ4n) is 8.76. The van der Waals surface area contributed by atoms with Gasteiger partial charge in [0.25, 0.3) is 0 Å². The lowest BCUT2D eigenvalue weighted by Crippen LogP contribution is -2.37. The van der Waals surface area contributed by atoms with Crippen molar-refractivity contribution in [1.82, 2.24) is 14.5 Å². The molecule has 0 amide bonds. The van der Waals surface area contributed by atoms with Crippen LogP contribution >= 0.6 is 11.3 Å². The lowest BCUT2D eigenvalue weighted by atomic mass is 9.77. The van der Waals surface area contributed by atoms with Gasteiger partial charge in [0.2, 0.25) is 0 Å². The van der Waals surface area contributed by atoms with Gasteiger partial charge in [0.1, 0.15) is 27.6 Å². The maximum absolute atomic E-state index is 11.8. The summed E-state index contributed by atoms with van der Waals surface area (Å²) in [6, 6.07) is 42.8. The summed E-state index contributed by atoms with van der Waals surface area (Å²) in [5.74, 6) is 0.958. The SMILES string of the molecule is Cc1cccc(C)c1-n1c(-c2ccc([Si](C)(C)C)cc2O)nc2c(-c3cc(-c4cc5oc6cccc7sc(n4)c5c67)cc(C(C)(C)C)c3-c3ccccc3)cccc21. The van der Waals surface area contributed by atoms with E-state index >= 15 is 0 Å². The van der Waals surface area contributed by atoms with Gasteiger partial charge in [-0.3, -0.25) is 4.57 Å². The molecule has 0 radical (unpaired) electrons. The second kappa shape index (κ2) is 13.0. The van der Waals surface area contributed by atoms with Gasteiger partial charge in [0.05, 0.1) is 41.4 Å². The number of phenolic OH excluding ortho intramolecular Hbond substituents is 1. The summed E-state index contributed by atoms with van der Waals surface area (Å²) in [4.78, 5) is 11.9. The number of furan rings is 1. The summed E-state index contributed by atoms with van der Waals surface area (Å²) in [5.41, 5.74) is 14.9. The fraction of sp³-hybridized carbons (Fsp3) is 0.176. The van der Waals surface area contributed by atoms with Gasteiger partial charge in [-0.2, -0.15) is 0 Å². The normalized spacial score (nSPS) is 12.6. The van der Waals surface area contributed by atoms with Crippen LogP contribution in [0.25, 0.3) is 93.1 Å². The van der Waals surface area contributed by atoms with Crippen LogP contribution in [0.1, 0.15) is 37.5 Å². The lowest BCUT2D eigenvalue weighted by molar-refractivity contribution is 0.477. The van der Waals surface area contributed by atoms with Crippen molar-refractivity contribution in [3.05, 3.63) is 138 Å². The molecule has 10 aromatic rings. The number of fused-ring (bicyclic) bond motifs is 1. The highest BCUT2D eigenvalue weighted by Crippen LogP contribution is 2.48. The molecule has 0 spiro atoms. The molecule has 0 saturated carbocycles. The number of hydrogen-bond acceptors (Lipinski definition) is 5. The van der Waals surface area contributed by atoms with Crippen LogP contribution in [0.15, 0.2) is 126 Å². The van der Waals surface area contributed by atoms with Crippen molar-refractivity contribution in [3.8, 4) is 56.3 Å². The van der Waals surface area contributed by atoms with E-state index in [9.17, 15) is 5.11 Å². The van der Waals surface area contributed by atoms with E-state index in [-0.39, 0.29) is 11.2 Å². The molecule has 0 aliphatic rings. The predicted octanol–water partition coefficient (Wildman–Crippen LogP) is 13.8. The summed E-state index contributed by atoms with van der Waals surface area (Å²) < 4.78 is 9.92. The number of imidazole rings is 1. The zero-order valence-electron chi connectivity index (χ0n) is 34.2. The Balaban J connectivity index is 1.30. The molecular formula is C51H45N3O2SSi. The third kappa shape index (κ3) is 5.70. The van der Waals surface area contributed by atoms with Gasteiger partial charge in [-0.1, -0.05) is 118 Å². The number of rotatable bonds is 6.